The molecule has 3 aromatic rings. The van der Waals surface area contributed by atoms with E-state index < -0.39 is 36.0 Å². The fourth-order valence-electron chi connectivity index (χ4n) is 3.28. The molecule has 3 rings (SSSR count). The van der Waals surface area contributed by atoms with Gasteiger partial charge in [-0.1, -0.05) is 72.3 Å². The maximum atomic E-state index is 12.8. The van der Waals surface area contributed by atoms with Crippen molar-refractivity contribution in [2.75, 3.05) is 0 Å². The molecule has 0 radical (unpaired) electrons. The van der Waals surface area contributed by atoms with Gasteiger partial charge in [-0.05, 0) is 35.4 Å². The van der Waals surface area contributed by atoms with E-state index in [1.807, 2.05) is 0 Å². The molecule has 0 heterocycles. The topological polar surface area (TPSA) is 116 Å². The average molecular weight is 467 g/mol. The Morgan fingerprint density at radius 2 is 1.39 bits per heavy atom. The molecule has 0 saturated carbocycles. The highest BCUT2D eigenvalue weighted by atomic mass is 35.5. The van der Waals surface area contributed by atoms with E-state index in [1.54, 1.807) is 84.9 Å². The van der Waals surface area contributed by atoms with Gasteiger partial charge in [-0.3, -0.25) is 9.59 Å². The molecule has 0 bridgehead atoms. The Labute approximate surface area is 196 Å². The van der Waals surface area contributed by atoms with Crippen molar-refractivity contribution < 1.29 is 24.6 Å². The van der Waals surface area contributed by atoms with Crippen LogP contribution in [0.15, 0.2) is 84.9 Å². The average Bonchev–Trinajstić information content (AvgIpc) is 2.83. The summed E-state index contributed by atoms with van der Waals surface area (Å²) < 4.78 is 0. The minimum absolute atomic E-state index is 0.00264. The van der Waals surface area contributed by atoms with Crippen molar-refractivity contribution in [3.8, 4) is 0 Å². The first-order valence-electron chi connectivity index (χ1n) is 10.2. The Balaban J connectivity index is 1.78. The van der Waals surface area contributed by atoms with Crippen LogP contribution in [-0.2, 0) is 16.0 Å². The minimum atomic E-state index is -1.73. The van der Waals surface area contributed by atoms with E-state index in [0.717, 1.165) is 0 Å². The first-order valence-corrected chi connectivity index (χ1v) is 10.6. The number of carbonyl (C=O) groups is 3. The van der Waals surface area contributed by atoms with Crippen LogP contribution in [0.4, 0.5) is 0 Å². The molecule has 0 aromatic heterocycles. The molecule has 33 heavy (non-hydrogen) atoms. The summed E-state index contributed by atoms with van der Waals surface area (Å²) in [6.07, 6.45) is -1.73. The predicted octanol–water partition coefficient (Wildman–Crippen LogP) is 2.98. The second-order valence-corrected chi connectivity index (χ2v) is 7.84. The number of aliphatic hydroxyl groups is 1. The molecular weight excluding hydrogens is 444 g/mol. The number of nitrogens with one attached hydrogen (secondary N) is 2. The highest BCUT2D eigenvalue weighted by molar-refractivity contribution is 6.30. The number of hydrogen-bond donors (Lipinski definition) is 4. The second kappa shape index (κ2) is 11.3. The largest absolute Gasteiger partial charge is 0.480 e. The zero-order valence-electron chi connectivity index (χ0n) is 17.5. The third kappa shape index (κ3) is 6.65. The smallest absolute Gasteiger partial charge is 0.326 e. The molecule has 0 aliphatic rings. The Bertz CT molecular complexity index is 1090. The van der Waals surface area contributed by atoms with E-state index in [4.69, 9.17) is 11.6 Å². The van der Waals surface area contributed by atoms with Crippen LogP contribution in [0, 0.1) is 0 Å². The van der Waals surface area contributed by atoms with E-state index in [2.05, 4.69) is 10.6 Å². The molecule has 0 fully saturated rings. The van der Waals surface area contributed by atoms with Gasteiger partial charge in [0.1, 0.15) is 6.04 Å². The Morgan fingerprint density at radius 1 is 0.818 bits per heavy atom. The van der Waals surface area contributed by atoms with E-state index in [9.17, 15) is 24.6 Å². The fourth-order valence-corrected chi connectivity index (χ4v) is 3.41. The normalized spacial score (nSPS) is 13.4. The molecule has 8 heteroatoms. The number of halogens is 1. The maximum Gasteiger partial charge on any atom is 0.326 e. The molecule has 170 valence electrons. The lowest BCUT2D eigenvalue weighted by molar-refractivity contribution is -0.143. The highest BCUT2D eigenvalue weighted by Gasteiger charge is 2.32. The van der Waals surface area contributed by atoms with Gasteiger partial charge in [0.2, 0.25) is 0 Å². The van der Waals surface area contributed by atoms with Crippen LogP contribution in [0.25, 0.3) is 0 Å². The highest BCUT2D eigenvalue weighted by Crippen LogP contribution is 2.19. The third-order valence-corrected chi connectivity index (χ3v) is 5.29. The summed E-state index contributed by atoms with van der Waals surface area (Å²) in [7, 11) is 0. The van der Waals surface area contributed by atoms with Gasteiger partial charge in [0.25, 0.3) is 11.8 Å². The van der Waals surface area contributed by atoms with Crippen molar-refractivity contribution in [1.82, 2.24) is 10.6 Å². The van der Waals surface area contributed by atoms with Gasteiger partial charge in [-0.15, -0.1) is 0 Å². The summed E-state index contributed by atoms with van der Waals surface area (Å²) in [4.78, 5) is 37.3. The van der Waals surface area contributed by atoms with Crippen molar-refractivity contribution in [3.63, 3.8) is 0 Å². The van der Waals surface area contributed by atoms with Crippen LogP contribution in [0.2, 0.25) is 5.02 Å². The van der Waals surface area contributed by atoms with Crippen LogP contribution >= 0.6 is 11.6 Å². The molecule has 4 N–H and O–H groups in total. The van der Waals surface area contributed by atoms with Crippen LogP contribution in [0.5, 0.6) is 0 Å². The number of carboxylic acid groups (broad SMARTS) is 1. The molecule has 0 unspecified atom stereocenters. The number of hydrogen-bond acceptors (Lipinski definition) is 4. The van der Waals surface area contributed by atoms with Crippen LogP contribution in [0.1, 0.15) is 27.5 Å². The summed E-state index contributed by atoms with van der Waals surface area (Å²) in [6, 6.07) is 21.1. The zero-order chi connectivity index (χ0) is 23.8. The van der Waals surface area contributed by atoms with Crippen LogP contribution in [-0.4, -0.2) is 40.1 Å². The first kappa shape index (κ1) is 24.0. The quantitative estimate of drug-likeness (QED) is 0.387. The fraction of sp³-hybridized carbons (Fsp3) is 0.160. The summed E-state index contributed by atoms with van der Waals surface area (Å²) >= 11 is 5.86. The molecule has 0 spiro atoms. The Kier molecular flexibility index (Phi) is 8.18. The summed E-state index contributed by atoms with van der Waals surface area (Å²) in [6.45, 7) is 0. The molecule has 2 amide bonds. The van der Waals surface area contributed by atoms with Crippen molar-refractivity contribution in [2.45, 2.75) is 24.6 Å². The van der Waals surface area contributed by atoms with E-state index >= 15 is 0 Å². The summed E-state index contributed by atoms with van der Waals surface area (Å²) in [5.74, 6) is -2.65. The lowest BCUT2D eigenvalue weighted by Gasteiger charge is -2.25. The number of carbonyl (C=O) groups excluding carboxylic acids is 2. The van der Waals surface area contributed by atoms with Crippen molar-refractivity contribution >= 4 is 29.4 Å². The third-order valence-electron chi connectivity index (χ3n) is 5.03. The van der Waals surface area contributed by atoms with E-state index in [-0.39, 0.29) is 6.42 Å². The molecule has 3 atom stereocenters. The molecule has 7 nitrogen and oxygen atoms in total. The molecule has 0 saturated heterocycles. The molecular formula is C25H23ClN2O5. The van der Waals surface area contributed by atoms with Gasteiger partial charge in [-0.25, -0.2) is 4.79 Å². The Morgan fingerprint density at radius 3 is 1.97 bits per heavy atom. The number of amides is 2. The number of aliphatic carboxylic acids is 1. The van der Waals surface area contributed by atoms with Gasteiger partial charge in [-0.2, -0.15) is 0 Å². The maximum absolute atomic E-state index is 12.8. The summed E-state index contributed by atoms with van der Waals surface area (Å²) in [5, 5.41) is 26.0. The monoisotopic (exact) mass is 466 g/mol. The number of benzene rings is 3. The molecule has 3 aromatic carbocycles. The number of carboxylic acids is 1. The van der Waals surface area contributed by atoms with Gasteiger partial charge < -0.3 is 20.8 Å². The van der Waals surface area contributed by atoms with E-state index in [0.29, 0.717) is 21.7 Å². The lowest BCUT2D eigenvalue weighted by Crippen LogP contribution is -2.50. The Hall–Kier alpha value is -3.68. The SMILES string of the molecule is O=C(N[C@@H](c1ccccc1)[C@@H](O)C(=O)N[C@H](Cc1ccc(Cl)cc1)C(=O)O)c1ccccc1. The first-order chi connectivity index (χ1) is 15.8. The van der Waals surface area contributed by atoms with Gasteiger partial charge >= 0.3 is 5.97 Å². The standard InChI is InChI=1S/C25H23ClN2O5/c26-19-13-11-16(12-14-19)15-20(25(32)33)27-24(31)22(29)21(17-7-3-1-4-8-17)28-23(30)18-9-5-2-6-10-18/h1-14,20-22,29H,15H2,(H,27,31)(H,28,30)(H,32,33)/t20-,21+,22-/m1/s1. The van der Waals surface area contributed by atoms with Gasteiger partial charge in [0.15, 0.2) is 6.10 Å². The number of rotatable bonds is 9. The number of aliphatic hydroxyl groups excluding tert-OH is 1. The zero-order valence-corrected chi connectivity index (χ0v) is 18.3. The van der Waals surface area contributed by atoms with Crippen LogP contribution < -0.4 is 10.6 Å². The van der Waals surface area contributed by atoms with E-state index in [1.165, 1.54) is 0 Å². The van der Waals surface area contributed by atoms with Crippen molar-refractivity contribution in [3.05, 3.63) is 107 Å². The summed E-state index contributed by atoms with van der Waals surface area (Å²) in [5.41, 5.74) is 1.50. The van der Waals surface area contributed by atoms with Crippen LogP contribution in [0.3, 0.4) is 0 Å². The predicted molar refractivity (Wildman–Crippen MR) is 124 cm³/mol. The van der Waals surface area contributed by atoms with Gasteiger partial charge in [0.05, 0.1) is 6.04 Å². The molecule has 0 aliphatic carbocycles. The minimum Gasteiger partial charge on any atom is -0.480 e. The second-order valence-electron chi connectivity index (χ2n) is 7.40. The van der Waals surface area contributed by atoms with Gasteiger partial charge in [0, 0.05) is 17.0 Å². The molecule has 0 aliphatic heterocycles. The lowest BCUT2D eigenvalue weighted by atomic mass is 9.99. The van der Waals surface area contributed by atoms with Crippen molar-refractivity contribution in [2.24, 2.45) is 0 Å². The van der Waals surface area contributed by atoms with Crippen molar-refractivity contribution in [1.29, 1.82) is 0 Å².